The van der Waals surface area contributed by atoms with Crippen molar-refractivity contribution in [3.05, 3.63) is 0 Å². The van der Waals surface area contributed by atoms with Crippen LogP contribution in [0, 0.1) is 0 Å². The molecule has 0 bridgehead atoms. The van der Waals surface area contributed by atoms with E-state index in [9.17, 15) is 9.59 Å². The van der Waals surface area contributed by atoms with Crippen LogP contribution >= 0.6 is 11.8 Å². The van der Waals surface area contributed by atoms with Crippen molar-refractivity contribution >= 4 is 29.1 Å². The fourth-order valence-electron chi connectivity index (χ4n) is 1.46. The largest absolute Gasteiger partial charge is 0.285 e. The fourth-order valence-corrected chi connectivity index (χ4v) is 2.22. The predicted octanol–water partition coefficient (Wildman–Crippen LogP) is 0.279. The lowest BCUT2D eigenvalue weighted by molar-refractivity contribution is -0.138. The molecule has 1 fully saturated rings. The van der Waals surface area contributed by atoms with E-state index >= 15 is 0 Å². The van der Waals surface area contributed by atoms with Crippen LogP contribution in [0.4, 0.5) is 0 Å². The smallest absolute Gasteiger partial charge is 0.229 e. The summed E-state index contributed by atoms with van der Waals surface area (Å²) in [6, 6.07) is 0. The summed E-state index contributed by atoms with van der Waals surface area (Å²) in [6.45, 7) is 1.25. The second-order valence-corrected chi connectivity index (χ2v) is 4.28. The highest BCUT2D eigenvalue weighted by Gasteiger charge is 2.31. The number of likely N-dealkylation sites (tertiary alicyclic amines) is 1. The number of thioether (sulfide) groups is 1. The Morgan fingerprint density at radius 2 is 2.15 bits per heavy atom. The lowest BCUT2D eigenvalue weighted by Crippen LogP contribution is -2.35. The summed E-state index contributed by atoms with van der Waals surface area (Å²) >= 11 is 1.60. The van der Waals surface area contributed by atoms with Crippen molar-refractivity contribution in [2.75, 3.05) is 13.1 Å². The summed E-state index contributed by atoms with van der Waals surface area (Å²) in [7, 11) is 0. The number of rotatable bonds is 2. The van der Waals surface area contributed by atoms with Crippen molar-refractivity contribution in [2.24, 2.45) is 4.99 Å². The van der Waals surface area contributed by atoms with Crippen LogP contribution in [-0.2, 0) is 9.59 Å². The van der Waals surface area contributed by atoms with Crippen molar-refractivity contribution in [1.29, 1.82) is 0 Å². The van der Waals surface area contributed by atoms with Gasteiger partial charge in [0.2, 0.25) is 11.8 Å². The monoisotopic (exact) mass is 198 g/mol. The Balaban J connectivity index is 1.93. The Hall–Kier alpha value is -0.840. The van der Waals surface area contributed by atoms with Crippen LogP contribution in [0.15, 0.2) is 4.99 Å². The molecule has 5 heteroatoms. The molecule has 0 aromatic heterocycles. The summed E-state index contributed by atoms with van der Waals surface area (Å²) in [5.74, 6) is -0.0602. The average Bonchev–Trinajstić information content (AvgIpc) is 2.70. The zero-order valence-corrected chi connectivity index (χ0v) is 7.92. The first-order chi connectivity index (χ1) is 6.27. The zero-order chi connectivity index (χ0) is 9.26. The Kier molecular flexibility index (Phi) is 2.35. The Morgan fingerprint density at radius 1 is 1.46 bits per heavy atom. The Bertz CT molecular complexity index is 253. The summed E-state index contributed by atoms with van der Waals surface area (Å²) in [5.41, 5.74) is 1.79. The molecule has 2 heterocycles. The van der Waals surface area contributed by atoms with Crippen LogP contribution in [0.3, 0.4) is 0 Å². The normalized spacial score (nSPS) is 27.7. The van der Waals surface area contributed by atoms with E-state index in [1.165, 1.54) is 4.90 Å². The van der Waals surface area contributed by atoms with E-state index in [-0.39, 0.29) is 17.1 Å². The molecule has 4 nitrogen and oxygen atoms in total. The van der Waals surface area contributed by atoms with Gasteiger partial charge in [-0.15, -0.1) is 11.8 Å². The van der Waals surface area contributed by atoms with Crippen LogP contribution < -0.4 is 0 Å². The van der Waals surface area contributed by atoms with E-state index in [1.807, 2.05) is 0 Å². The lowest BCUT2D eigenvalue weighted by atomic mass is 10.4. The molecule has 2 aliphatic rings. The van der Waals surface area contributed by atoms with Gasteiger partial charge in [-0.25, -0.2) is 0 Å². The van der Waals surface area contributed by atoms with Gasteiger partial charge in [-0.1, -0.05) is 0 Å². The minimum absolute atomic E-state index is 0.0301. The maximum absolute atomic E-state index is 11.2. The van der Waals surface area contributed by atoms with Crippen LogP contribution in [0.5, 0.6) is 0 Å². The predicted molar refractivity (Wildman–Crippen MR) is 50.7 cm³/mol. The summed E-state index contributed by atoms with van der Waals surface area (Å²) in [5, 5.41) is 0.283. The highest BCUT2D eigenvalue weighted by molar-refractivity contribution is 8.12. The summed E-state index contributed by atoms with van der Waals surface area (Å²) in [4.78, 5) is 27.9. The van der Waals surface area contributed by atoms with Gasteiger partial charge in [-0.05, 0) is 0 Å². The van der Waals surface area contributed by atoms with Crippen molar-refractivity contribution in [3.8, 4) is 0 Å². The highest BCUT2D eigenvalue weighted by Crippen LogP contribution is 2.19. The molecule has 13 heavy (non-hydrogen) atoms. The van der Waals surface area contributed by atoms with Crippen molar-refractivity contribution in [3.63, 3.8) is 0 Å². The summed E-state index contributed by atoms with van der Waals surface area (Å²) in [6.07, 6.45) is 0.772. The number of nitrogens with zero attached hydrogens (tertiary/aromatic N) is 2. The standard InChI is InChI=1S/C8H10N2O2S/c11-7-1-2-8(12)10(7)4-6-3-9-5-13-6/h5-6H,1-4H2. The molecule has 0 spiro atoms. The molecule has 0 aromatic rings. The van der Waals surface area contributed by atoms with Crippen molar-refractivity contribution < 1.29 is 9.59 Å². The third-order valence-corrected chi connectivity index (χ3v) is 3.13. The molecular formula is C8H10N2O2S. The van der Waals surface area contributed by atoms with Crippen molar-refractivity contribution in [2.45, 2.75) is 18.1 Å². The number of aliphatic imine (C=N–C) groups is 1. The average molecular weight is 198 g/mol. The van der Waals surface area contributed by atoms with Gasteiger partial charge in [0.1, 0.15) is 0 Å². The number of amides is 2. The van der Waals surface area contributed by atoms with Gasteiger partial charge in [0.05, 0.1) is 12.1 Å². The minimum Gasteiger partial charge on any atom is -0.285 e. The molecule has 0 aliphatic carbocycles. The minimum atomic E-state index is -0.0301. The van der Waals surface area contributed by atoms with E-state index in [0.29, 0.717) is 19.4 Å². The molecular weight excluding hydrogens is 188 g/mol. The first-order valence-electron chi connectivity index (χ1n) is 4.24. The summed E-state index contributed by atoms with van der Waals surface area (Å²) < 4.78 is 0. The van der Waals surface area contributed by atoms with Gasteiger partial charge >= 0.3 is 0 Å². The zero-order valence-electron chi connectivity index (χ0n) is 7.10. The van der Waals surface area contributed by atoms with E-state index in [2.05, 4.69) is 4.99 Å². The maximum atomic E-state index is 11.2. The van der Waals surface area contributed by atoms with Gasteiger partial charge in [0, 0.05) is 24.6 Å². The molecule has 2 aliphatic heterocycles. The van der Waals surface area contributed by atoms with Crippen LogP contribution in [-0.4, -0.2) is 40.6 Å². The van der Waals surface area contributed by atoms with Crippen molar-refractivity contribution in [1.82, 2.24) is 4.90 Å². The quantitative estimate of drug-likeness (QED) is 0.599. The van der Waals surface area contributed by atoms with E-state index in [1.54, 1.807) is 17.3 Å². The second kappa shape index (κ2) is 3.49. The third-order valence-electron chi connectivity index (χ3n) is 2.18. The van der Waals surface area contributed by atoms with Gasteiger partial charge in [0.15, 0.2) is 0 Å². The van der Waals surface area contributed by atoms with Gasteiger partial charge in [-0.2, -0.15) is 0 Å². The molecule has 1 atom stereocenters. The SMILES string of the molecule is O=C1CCC(=O)N1CC1CN=CS1. The molecule has 0 aromatic carbocycles. The lowest BCUT2D eigenvalue weighted by Gasteiger charge is -2.16. The first-order valence-corrected chi connectivity index (χ1v) is 5.18. The van der Waals surface area contributed by atoms with Crippen LogP contribution in [0.25, 0.3) is 0 Å². The second-order valence-electron chi connectivity index (χ2n) is 3.13. The molecule has 1 unspecified atom stereocenters. The maximum Gasteiger partial charge on any atom is 0.229 e. The van der Waals surface area contributed by atoms with E-state index in [0.717, 1.165) is 6.54 Å². The van der Waals surface area contributed by atoms with Crippen LogP contribution in [0.1, 0.15) is 12.8 Å². The topological polar surface area (TPSA) is 49.7 Å². The number of hydrogen-bond acceptors (Lipinski definition) is 4. The molecule has 0 N–H and O–H groups in total. The third kappa shape index (κ3) is 1.75. The number of carbonyl (C=O) groups is 2. The fraction of sp³-hybridized carbons (Fsp3) is 0.625. The van der Waals surface area contributed by atoms with Gasteiger partial charge < -0.3 is 0 Å². The van der Waals surface area contributed by atoms with Crippen LogP contribution in [0.2, 0.25) is 0 Å². The molecule has 2 rings (SSSR count). The molecule has 2 amide bonds. The van der Waals surface area contributed by atoms with Gasteiger partial charge in [0.25, 0.3) is 0 Å². The van der Waals surface area contributed by atoms with Gasteiger partial charge in [-0.3, -0.25) is 19.5 Å². The molecule has 0 saturated carbocycles. The first kappa shape index (κ1) is 8.74. The Labute approximate surface area is 80.4 Å². The van der Waals surface area contributed by atoms with E-state index in [4.69, 9.17) is 0 Å². The molecule has 70 valence electrons. The Morgan fingerprint density at radius 3 is 2.69 bits per heavy atom. The number of imide groups is 1. The highest BCUT2D eigenvalue weighted by atomic mass is 32.2. The van der Waals surface area contributed by atoms with E-state index < -0.39 is 0 Å². The molecule has 1 saturated heterocycles. The molecule has 0 radical (unpaired) electrons. The number of hydrogen-bond donors (Lipinski definition) is 0. The number of carbonyl (C=O) groups excluding carboxylic acids is 2.